The van der Waals surface area contributed by atoms with Gasteiger partial charge in [0.25, 0.3) is 5.95 Å². The van der Waals surface area contributed by atoms with Crippen LogP contribution in [0.15, 0.2) is 12.4 Å². The predicted octanol–water partition coefficient (Wildman–Crippen LogP) is 0.216. The molecule has 0 amide bonds. The number of nitrogen functional groups attached to an aromatic ring is 1. The largest absolute Gasteiger partial charge is 0.335 e. The lowest BCUT2D eigenvalue weighted by atomic mass is 10.4. The maximum absolute atomic E-state index is 5.58. The summed E-state index contributed by atoms with van der Waals surface area (Å²) in [6, 6.07) is 1.95. The summed E-state index contributed by atoms with van der Waals surface area (Å²) in [5.41, 5.74) is 1.91. The van der Waals surface area contributed by atoms with Gasteiger partial charge in [0, 0.05) is 5.69 Å². The van der Waals surface area contributed by atoms with Gasteiger partial charge < -0.3 is 5.84 Å². The van der Waals surface area contributed by atoms with Crippen molar-refractivity contribution >= 4 is 12.4 Å². The zero-order valence-electron chi connectivity index (χ0n) is 7.88. The number of aryl methyl sites for hydroxylation is 2. The first-order valence-corrected chi connectivity index (χ1v) is 3.87. The molecular weight excluding hydrogens is 204 g/mol. The number of aromatic nitrogens is 5. The van der Waals surface area contributed by atoms with Crippen LogP contribution in [-0.4, -0.2) is 24.7 Å². The van der Waals surface area contributed by atoms with E-state index in [1.807, 2.05) is 19.9 Å². The van der Waals surface area contributed by atoms with Crippen molar-refractivity contribution in [2.24, 2.45) is 0 Å². The normalized spacial score (nSPS) is 9.86. The summed E-state index contributed by atoms with van der Waals surface area (Å²) >= 11 is 0. The quantitative estimate of drug-likeness (QED) is 0.689. The average Bonchev–Trinajstić information content (AvgIpc) is 2.58. The summed E-state index contributed by atoms with van der Waals surface area (Å²) < 4.78 is 2.99. The molecule has 0 radical (unpaired) electrons. The van der Waals surface area contributed by atoms with E-state index in [9.17, 15) is 0 Å². The Morgan fingerprint density at radius 1 is 1.36 bits per heavy atom. The van der Waals surface area contributed by atoms with Crippen LogP contribution in [0.4, 0.5) is 0 Å². The molecular formula is C7H11ClN6. The molecule has 76 valence electrons. The number of nitrogens with two attached hydrogens (primary N) is 1. The molecule has 0 aliphatic carbocycles. The molecule has 0 spiro atoms. The van der Waals surface area contributed by atoms with Gasteiger partial charge in [-0.2, -0.15) is 5.10 Å². The van der Waals surface area contributed by atoms with Gasteiger partial charge in [-0.1, -0.05) is 0 Å². The van der Waals surface area contributed by atoms with Crippen molar-refractivity contribution in [2.75, 3.05) is 5.84 Å². The molecule has 0 bridgehead atoms. The second kappa shape index (κ2) is 3.67. The van der Waals surface area contributed by atoms with Gasteiger partial charge in [0.15, 0.2) is 0 Å². The number of nitrogens with zero attached hydrogens (tertiary/aromatic N) is 5. The minimum Gasteiger partial charge on any atom is -0.335 e. The minimum absolute atomic E-state index is 0. The number of halogens is 1. The highest BCUT2D eigenvalue weighted by Gasteiger charge is 2.08. The Morgan fingerprint density at radius 2 is 2.07 bits per heavy atom. The van der Waals surface area contributed by atoms with Crippen LogP contribution < -0.4 is 5.84 Å². The fourth-order valence-corrected chi connectivity index (χ4v) is 1.22. The number of hydrogen-bond donors (Lipinski definition) is 1. The number of rotatable bonds is 1. The molecule has 0 aromatic carbocycles. The zero-order valence-corrected chi connectivity index (χ0v) is 8.69. The van der Waals surface area contributed by atoms with Gasteiger partial charge in [0.05, 0.1) is 5.69 Å². The van der Waals surface area contributed by atoms with Crippen LogP contribution in [0, 0.1) is 13.8 Å². The summed E-state index contributed by atoms with van der Waals surface area (Å²) in [6.07, 6.45) is 1.44. The van der Waals surface area contributed by atoms with Gasteiger partial charge in [-0.15, -0.1) is 22.6 Å². The molecule has 2 aromatic rings. The van der Waals surface area contributed by atoms with Crippen LogP contribution in [0.2, 0.25) is 0 Å². The van der Waals surface area contributed by atoms with Crippen LogP contribution in [-0.2, 0) is 0 Å². The highest BCUT2D eigenvalue weighted by Crippen LogP contribution is 2.06. The molecule has 0 saturated heterocycles. The van der Waals surface area contributed by atoms with Crippen molar-refractivity contribution in [1.29, 1.82) is 0 Å². The van der Waals surface area contributed by atoms with Gasteiger partial charge in [-0.25, -0.2) is 9.36 Å². The van der Waals surface area contributed by atoms with E-state index < -0.39 is 0 Å². The van der Waals surface area contributed by atoms with Crippen molar-refractivity contribution in [3.05, 3.63) is 23.8 Å². The summed E-state index contributed by atoms with van der Waals surface area (Å²) in [5, 5.41) is 11.8. The topological polar surface area (TPSA) is 74.5 Å². The summed E-state index contributed by atoms with van der Waals surface area (Å²) in [6.45, 7) is 3.86. The Labute approximate surface area is 87.1 Å². The molecule has 2 aromatic heterocycles. The Balaban J connectivity index is 0.000000980. The van der Waals surface area contributed by atoms with E-state index in [-0.39, 0.29) is 12.4 Å². The second-order valence-corrected chi connectivity index (χ2v) is 2.88. The molecule has 14 heavy (non-hydrogen) atoms. The van der Waals surface area contributed by atoms with Gasteiger partial charge in [0.1, 0.15) is 6.33 Å². The smallest absolute Gasteiger partial charge is 0.270 e. The lowest BCUT2D eigenvalue weighted by Gasteiger charge is -2.00. The fraction of sp³-hybridized carbons (Fsp3) is 0.286. The van der Waals surface area contributed by atoms with Crippen LogP contribution in [0.1, 0.15) is 11.4 Å². The Morgan fingerprint density at radius 3 is 2.50 bits per heavy atom. The van der Waals surface area contributed by atoms with E-state index in [0.29, 0.717) is 5.95 Å². The van der Waals surface area contributed by atoms with E-state index in [2.05, 4.69) is 15.3 Å². The van der Waals surface area contributed by atoms with E-state index >= 15 is 0 Å². The van der Waals surface area contributed by atoms with Crippen molar-refractivity contribution in [3.8, 4) is 5.95 Å². The molecule has 2 rings (SSSR count). The Kier molecular flexibility index (Phi) is 2.76. The minimum atomic E-state index is 0. The molecule has 0 fully saturated rings. The van der Waals surface area contributed by atoms with Crippen LogP contribution in [0.3, 0.4) is 0 Å². The van der Waals surface area contributed by atoms with Gasteiger partial charge in [-0.05, 0) is 19.9 Å². The monoisotopic (exact) mass is 214 g/mol. The third kappa shape index (κ3) is 1.56. The van der Waals surface area contributed by atoms with Crippen molar-refractivity contribution in [3.63, 3.8) is 0 Å². The molecule has 7 heteroatoms. The van der Waals surface area contributed by atoms with E-state index in [4.69, 9.17) is 5.84 Å². The van der Waals surface area contributed by atoms with Crippen LogP contribution >= 0.6 is 12.4 Å². The third-order valence-corrected chi connectivity index (χ3v) is 1.75. The summed E-state index contributed by atoms with van der Waals surface area (Å²) in [5.74, 6) is 6.10. The summed E-state index contributed by atoms with van der Waals surface area (Å²) in [4.78, 5) is 0. The number of hydrogen-bond acceptors (Lipinski definition) is 4. The van der Waals surface area contributed by atoms with Crippen molar-refractivity contribution < 1.29 is 0 Å². The molecule has 0 unspecified atom stereocenters. The standard InChI is InChI=1S/C7H10N6.ClH/c1-5-3-6(2)13(11-5)7-10-9-4-12(7)8;/h3-4H,8H2,1-2H3;1H. The first-order valence-electron chi connectivity index (χ1n) is 3.87. The first kappa shape index (κ1) is 10.5. The molecule has 0 atom stereocenters. The Hall–Kier alpha value is -1.56. The third-order valence-electron chi connectivity index (χ3n) is 1.75. The maximum Gasteiger partial charge on any atom is 0.270 e. The van der Waals surface area contributed by atoms with E-state index in [1.165, 1.54) is 11.0 Å². The molecule has 0 saturated carbocycles. The first-order chi connectivity index (χ1) is 6.18. The van der Waals surface area contributed by atoms with Crippen LogP contribution in [0.25, 0.3) is 5.95 Å². The molecule has 0 aliphatic rings. The van der Waals surface area contributed by atoms with Crippen LogP contribution in [0.5, 0.6) is 0 Å². The zero-order chi connectivity index (χ0) is 9.42. The predicted molar refractivity (Wildman–Crippen MR) is 54.0 cm³/mol. The maximum atomic E-state index is 5.58. The molecule has 2 N–H and O–H groups in total. The second-order valence-electron chi connectivity index (χ2n) is 2.88. The molecule has 0 aliphatic heterocycles. The van der Waals surface area contributed by atoms with Gasteiger partial charge >= 0.3 is 0 Å². The average molecular weight is 215 g/mol. The lowest BCUT2D eigenvalue weighted by Crippen LogP contribution is -2.15. The highest BCUT2D eigenvalue weighted by atomic mass is 35.5. The Bertz CT molecular complexity index is 431. The highest BCUT2D eigenvalue weighted by molar-refractivity contribution is 5.85. The van der Waals surface area contributed by atoms with E-state index in [1.54, 1.807) is 4.68 Å². The van der Waals surface area contributed by atoms with Crippen molar-refractivity contribution in [1.82, 2.24) is 24.7 Å². The molecule has 2 heterocycles. The van der Waals surface area contributed by atoms with Crippen molar-refractivity contribution in [2.45, 2.75) is 13.8 Å². The molecule has 6 nitrogen and oxygen atoms in total. The van der Waals surface area contributed by atoms with Gasteiger partial charge in [-0.3, -0.25) is 0 Å². The SMILES string of the molecule is Cc1cc(C)n(-c2nncn2N)n1.Cl. The van der Waals surface area contributed by atoms with E-state index in [0.717, 1.165) is 11.4 Å². The fourth-order valence-electron chi connectivity index (χ4n) is 1.22. The lowest BCUT2D eigenvalue weighted by molar-refractivity contribution is 0.743. The summed E-state index contributed by atoms with van der Waals surface area (Å²) in [7, 11) is 0. The van der Waals surface area contributed by atoms with Gasteiger partial charge in [0.2, 0.25) is 0 Å².